The second kappa shape index (κ2) is 8.80. The first-order chi connectivity index (χ1) is 10.7. The van der Waals surface area contributed by atoms with E-state index in [9.17, 15) is 4.79 Å². The summed E-state index contributed by atoms with van der Waals surface area (Å²) in [5.74, 6) is 1.20. The Bertz CT molecular complexity index is 600. The standard InChI is InChI=1S/C16H15Br2NO3/c17-13-7-4-8-14(18)16(13)22-11-15(20)19-9-10-21-12-5-2-1-3-6-12/h1-8H,9-11H2,(H,19,20). The molecule has 1 amide bonds. The van der Waals surface area contributed by atoms with Crippen LogP contribution >= 0.6 is 31.9 Å². The molecule has 116 valence electrons. The molecule has 4 nitrogen and oxygen atoms in total. The van der Waals surface area contributed by atoms with Gasteiger partial charge < -0.3 is 14.8 Å². The number of hydrogen-bond acceptors (Lipinski definition) is 3. The number of hydrogen-bond donors (Lipinski definition) is 1. The van der Waals surface area contributed by atoms with E-state index in [1.807, 2.05) is 48.5 Å². The van der Waals surface area contributed by atoms with Crippen LogP contribution in [0.4, 0.5) is 0 Å². The molecule has 2 aromatic rings. The number of ether oxygens (including phenoxy) is 2. The Labute approximate surface area is 146 Å². The molecule has 0 heterocycles. The molecule has 22 heavy (non-hydrogen) atoms. The van der Waals surface area contributed by atoms with Gasteiger partial charge in [0.05, 0.1) is 15.5 Å². The molecule has 0 radical (unpaired) electrons. The number of nitrogens with one attached hydrogen (secondary N) is 1. The largest absolute Gasteiger partial charge is 0.492 e. The molecule has 0 fully saturated rings. The molecule has 0 saturated carbocycles. The number of halogens is 2. The number of rotatable bonds is 7. The van der Waals surface area contributed by atoms with E-state index < -0.39 is 0 Å². The van der Waals surface area contributed by atoms with E-state index in [2.05, 4.69) is 37.2 Å². The topological polar surface area (TPSA) is 47.6 Å². The van der Waals surface area contributed by atoms with E-state index in [-0.39, 0.29) is 12.5 Å². The molecule has 0 saturated heterocycles. The molecule has 0 atom stereocenters. The average molecular weight is 429 g/mol. The molecule has 0 spiro atoms. The Morgan fingerprint density at radius 3 is 2.32 bits per heavy atom. The molecule has 0 aliphatic heterocycles. The fourth-order valence-electron chi connectivity index (χ4n) is 1.69. The summed E-state index contributed by atoms with van der Waals surface area (Å²) in [6.07, 6.45) is 0. The van der Waals surface area contributed by atoms with Crippen molar-refractivity contribution in [2.24, 2.45) is 0 Å². The number of carbonyl (C=O) groups is 1. The van der Waals surface area contributed by atoms with E-state index in [1.165, 1.54) is 0 Å². The summed E-state index contributed by atoms with van der Waals surface area (Å²) in [6, 6.07) is 15.0. The molecular weight excluding hydrogens is 414 g/mol. The quantitative estimate of drug-likeness (QED) is 0.682. The summed E-state index contributed by atoms with van der Waals surface area (Å²) >= 11 is 6.76. The summed E-state index contributed by atoms with van der Waals surface area (Å²) < 4.78 is 12.6. The lowest BCUT2D eigenvalue weighted by molar-refractivity contribution is -0.123. The molecule has 0 bridgehead atoms. The molecule has 2 rings (SSSR count). The molecule has 1 N–H and O–H groups in total. The Hall–Kier alpha value is -1.53. The van der Waals surface area contributed by atoms with Crippen LogP contribution in [0.15, 0.2) is 57.5 Å². The van der Waals surface area contributed by atoms with Gasteiger partial charge in [0.25, 0.3) is 5.91 Å². The Morgan fingerprint density at radius 2 is 1.64 bits per heavy atom. The predicted molar refractivity (Wildman–Crippen MR) is 92.3 cm³/mol. The van der Waals surface area contributed by atoms with Gasteiger partial charge >= 0.3 is 0 Å². The van der Waals surface area contributed by atoms with Crippen LogP contribution in [0.1, 0.15) is 0 Å². The van der Waals surface area contributed by atoms with E-state index >= 15 is 0 Å². The minimum Gasteiger partial charge on any atom is -0.492 e. The summed E-state index contributed by atoms with van der Waals surface area (Å²) in [4.78, 5) is 11.7. The van der Waals surface area contributed by atoms with E-state index in [0.717, 1.165) is 14.7 Å². The molecular formula is C16H15Br2NO3. The molecule has 2 aromatic carbocycles. The zero-order chi connectivity index (χ0) is 15.8. The SMILES string of the molecule is O=C(COc1c(Br)cccc1Br)NCCOc1ccccc1. The fourth-order valence-corrected chi connectivity index (χ4v) is 2.91. The summed E-state index contributed by atoms with van der Waals surface area (Å²) in [7, 11) is 0. The molecule has 0 aliphatic rings. The van der Waals surface area contributed by atoms with Crippen molar-refractivity contribution in [1.82, 2.24) is 5.32 Å². The van der Waals surface area contributed by atoms with Crippen molar-refractivity contribution in [2.45, 2.75) is 0 Å². The third-order valence-corrected chi connectivity index (χ3v) is 3.95. The van der Waals surface area contributed by atoms with Crippen molar-refractivity contribution in [3.8, 4) is 11.5 Å². The molecule has 0 aliphatic carbocycles. The first-order valence-electron chi connectivity index (χ1n) is 6.68. The number of amides is 1. The number of para-hydroxylation sites is 2. The molecule has 0 aromatic heterocycles. The van der Waals surface area contributed by atoms with Gasteiger partial charge in [0.2, 0.25) is 0 Å². The highest BCUT2D eigenvalue weighted by Crippen LogP contribution is 2.32. The first-order valence-corrected chi connectivity index (χ1v) is 8.27. The minimum atomic E-state index is -0.195. The maximum Gasteiger partial charge on any atom is 0.258 e. The number of carbonyl (C=O) groups excluding carboxylic acids is 1. The third-order valence-electron chi connectivity index (χ3n) is 2.70. The summed E-state index contributed by atoms with van der Waals surface area (Å²) in [5, 5.41) is 2.74. The van der Waals surface area contributed by atoms with Gasteiger partial charge in [-0.2, -0.15) is 0 Å². The Kier molecular flexibility index (Phi) is 6.74. The van der Waals surface area contributed by atoms with Crippen LogP contribution in [-0.4, -0.2) is 25.7 Å². The fraction of sp³-hybridized carbons (Fsp3) is 0.188. The van der Waals surface area contributed by atoms with Crippen molar-refractivity contribution in [2.75, 3.05) is 19.8 Å². The first kappa shape index (κ1) is 16.8. The predicted octanol–water partition coefficient (Wildman–Crippen LogP) is 3.79. The molecule has 0 unspecified atom stereocenters. The van der Waals surface area contributed by atoms with Gasteiger partial charge in [-0.3, -0.25) is 4.79 Å². The van der Waals surface area contributed by atoms with Crippen molar-refractivity contribution < 1.29 is 14.3 Å². The van der Waals surface area contributed by atoms with Crippen molar-refractivity contribution in [3.05, 3.63) is 57.5 Å². The second-order valence-corrected chi connectivity index (χ2v) is 6.06. The minimum absolute atomic E-state index is 0.0491. The van der Waals surface area contributed by atoms with Crippen molar-refractivity contribution >= 4 is 37.8 Å². The van der Waals surface area contributed by atoms with Crippen molar-refractivity contribution in [3.63, 3.8) is 0 Å². The molecule has 6 heteroatoms. The maximum absolute atomic E-state index is 11.7. The van der Waals surface area contributed by atoms with Crippen LogP contribution < -0.4 is 14.8 Å². The van der Waals surface area contributed by atoms with Gasteiger partial charge in [-0.05, 0) is 56.1 Å². The highest BCUT2D eigenvalue weighted by Gasteiger charge is 2.08. The Balaban J connectivity index is 1.68. The van der Waals surface area contributed by atoms with Gasteiger partial charge in [-0.25, -0.2) is 0 Å². The lowest BCUT2D eigenvalue weighted by Gasteiger charge is -2.11. The van der Waals surface area contributed by atoms with Gasteiger partial charge in [-0.15, -0.1) is 0 Å². The highest BCUT2D eigenvalue weighted by molar-refractivity contribution is 9.11. The van der Waals surface area contributed by atoms with E-state index in [4.69, 9.17) is 9.47 Å². The van der Waals surface area contributed by atoms with Crippen LogP contribution in [0.5, 0.6) is 11.5 Å². The van der Waals surface area contributed by atoms with Gasteiger partial charge in [-0.1, -0.05) is 24.3 Å². The lowest BCUT2D eigenvalue weighted by Crippen LogP contribution is -2.32. The summed E-state index contributed by atoms with van der Waals surface area (Å²) in [6.45, 7) is 0.787. The van der Waals surface area contributed by atoms with Crippen molar-refractivity contribution in [1.29, 1.82) is 0 Å². The number of benzene rings is 2. The normalized spacial score (nSPS) is 10.1. The zero-order valence-electron chi connectivity index (χ0n) is 11.7. The van der Waals surface area contributed by atoms with E-state index in [1.54, 1.807) is 0 Å². The lowest BCUT2D eigenvalue weighted by atomic mass is 10.3. The van der Waals surface area contributed by atoms with Crippen LogP contribution in [0.25, 0.3) is 0 Å². The van der Waals surface area contributed by atoms with E-state index in [0.29, 0.717) is 18.9 Å². The summed E-state index contributed by atoms with van der Waals surface area (Å²) in [5.41, 5.74) is 0. The average Bonchev–Trinajstić information content (AvgIpc) is 2.52. The highest BCUT2D eigenvalue weighted by atomic mass is 79.9. The van der Waals surface area contributed by atoms with Gasteiger partial charge in [0.1, 0.15) is 18.1 Å². The van der Waals surface area contributed by atoms with Crippen LogP contribution in [0.3, 0.4) is 0 Å². The third kappa shape index (κ3) is 5.35. The van der Waals surface area contributed by atoms with Crippen LogP contribution in [-0.2, 0) is 4.79 Å². The van der Waals surface area contributed by atoms with Crippen LogP contribution in [0, 0.1) is 0 Å². The monoisotopic (exact) mass is 427 g/mol. The smallest absolute Gasteiger partial charge is 0.258 e. The van der Waals surface area contributed by atoms with Gasteiger partial charge in [0, 0.05) is 0 Å². The van der Waals surface area contributed by atoms with Gasteiger partial charge in [0.15, 0.2) is 6.61 Å². The maximum atomic E-state index is 11.7. The Morgan fingerprint density at radius 1 is 0.955 bits per heavy atom. The van der Waals surface area contributed by atoms with Crippen LogP contribution in [0.2, 0.25) is 0 Å². The zero-order valence-corrected chi connectivity index (χ0v) is 14.9. The second-order valence-electron chi connectivity index (χ2n) is 4.35.